The summed E-state index contributed by atoms with van der Waals surface area (Å²) in [5, 5.41) is 11.6. The van der Waals surface area contributed by atoms with Crippen LogP contribution in [0.25, 0.3) is 16.5 Å². The number of amides is 1. The van der Waals surface area contributed by atoms with Gasteiger partial charge in [0.25, 0.3) is 5.56 Å². The number of hydrogen-bond donors (Lipinski definition) is 2. The Morgan fingerprint density at radius 2 is 1.53 bits per heavy atom. The Balaban J connectivity index is 2.01. The molecule has 0 bridgehead atoms. The number of ether oxygens (including phenoxy) is 2. The van der Waals surface area contributed by atoms with E-state index in [9.17, 15) is 29.1 Å². The van der Waals surface area contributed by atoms with Crippen LogP contribution in [0.15, 0.2) is 70.3 Å². The number of anilines is 3. The number of carbonyl (C=O) groups is 3. The molecule has 1 aromatic heterocycles. The van der Waals surface area contributed by atoms with Crippen molar-refractivity contribution in [3.8, 4) is 17.2 Å². The van der Waals surface area contributed by atoms with Gasteiger partial charge in [-0.1, -0.05) is 36.4 Å². The number of carboxylic acid groups (broad SMARTS) is 1. The summed E-state index contributed by atoms with van der Waals surface area (Å²) in [7, 11) is 1.20. The number of fused-ring (bicyclic) bond motifs is 1. The summed E-state index contributed by atoms with van der Waals surface area (Å²) >= 11 is 0. The molecule has 0 radical (unpaired) electrons. The highest BCUT2D eigenvalue weighted by molar-refractivity contribution is 5.99. The first-order chi connectivity index (χ1) is 18.0. The fraction of sp³-hybridized carbons (Fsp3) is 0.115. The second-order valence-corrected chi connectivity index (χ2v) is 8.15. The lowest BCUT2D eigenvalue weighted by Gasteiger charge is -2.24. The van der Waals surface area contributed by atoms with Crippen molar-refractivity contribution in [3.63, 3.8) is 0 Å². The Kier molecular flexibility index (Phi) is 6.72. The van der Waals surface area contributed by atoms with Crippen molar-refractivity contribution >= 4 is 46.0 Å². The van der Waals surface area contributed by atoms with Crippen molar-refractivity contribution in [2.24, 2.45) is 7.05 Å². The van der Waals surface area contributed by atoms with Crippen LogP contribution >= 0.6 is 0 Å². The summed E-state index contributed by atoms with van der Waals surface area (Å²) < 4.78 is 11.9. The highest BCUT2D eigenvalue weighted by Crippen LogP contribution is 2.36. The van der Waals surface area contributed by atoms with E-state index in [0.29, 0.717) is 16.0 Å². The van der Waals surface area contributed by atoms with Gasteiger partial charge in [0.1, 0.15) is 5.82 Å². The average molecular weight is 518 g/mol. The van der Waals surface area contributed by atoms with Crippen molar-refractivity contribution < 1.29 is 29.0 Å². The normalized spacial score (nSPS) is 10.7. The molecular weight excluding hydrogens is 496 g/mol. The Morgan fingerprint density at radius 1 is 0.895 bits per heavy atom. The Hall–Kier alpha value is -5.39. The number of nitrogens with two attached hydrogens (primary N) is 1. The van der Waals surface area contributed by atoms with Crippen LogP contribution in [0.1, 0.15) is 13.8 Å². The van der Waals surface area contributed by atoms with E-state index in [1.165, 1.54) is 19.2 Å². The lowest BCUT2D eigenvalue weighted by atomic mass is 10.1. The first-order valence-corrected chi connectivity index (χ1v) is 11.1. The number of aromatic nitrogens is 2. The Bertz CT molecular complexity index is 1730. The van der Waals surface area contributed by atoms with Gasteiger partial charge in [0, 0.05) is 32.3 Å². The molecule has 194 valence electrons. The monoisotopic (exact) mass is 518 g/mol. The van der Waals surface area contributed by atoms with Gasteiger partial charge in [0.05, 0.1) is 11.4 Å². The van der Waals surface area contributed by atoms with Crippen LogP contribution in [-0.2, 0) is 16.6 Å². The zero-order valence-electron chi connectivity index (χ0n) is 20.5. The molecule has 0 saturated carbocycles. The van der Waals surface area contributed by atoms with Crippen LogP contribution < -0.4 is 31.4 Å². The predicted octanol–water partition coefficient (Wildman–Crippen LogP) is 2.94. The van der Waals surface area contributed by atoms with Gasteiger partial charge in [-0.15, -0.1) is 0 Å². The third-order valence-electron chi connectivity index (χ3n) is 5.58. The third-order valence-corrected chi connectivity index (χ3v) is 5.58. The van der Waals surface area contributed by atoms with E-state index in [0.717, 1.165) is 34.4 Å². The largest absolute Gasteiger partial charge is 0.464 e. The lowest BCUT2D eigenvalue weighted by Crippen LogP contribution is -2.43. The van der Waals surface area contributed by atoms with Crippen LogP contribution in [0.3, 0.4) is 0 Å². The van der Waals surface area contributed by atoms with E-state index >= 15 is 0 Å². The summed E-state index contributed by atoms with van der Waals surface area (Å²) in [6.45, 7) is 2.24. The van der Waals surface area contributed by atoms with E-state index in [4.69, 9.17) is 15.2 Å². The average Bonchev–Trinajstić information content (AvgIpc) is 2.86. The topological polar surface area (TPSA) is 163 Å². The molecule has 4 aromatic rings. The molecule has 4 rings (SSSR count). The van der Waals surface area contributed by atoms with E-state index in [-0.39, 0.29) is 17.2 Å². The number of nitrogens with zero attached hydrogens (tertiary/aromatic N) is 3. The number of carbonyl (C=O) groups excluding carboxylic acids is 2. The fourth-order valence-corrected chi connectivity index (χ4v) is 4.01. The van der Waals surface area contributed by atoms with Gasteiger partial charge in [-0.2, -0.15) is 0 Å². The maximum absolute atomic E-state index is 13.3. The molecule has 0 aliphatic carbocycles. The van der Waals surface area contributed by atoms with Gasteiger partial charge in [-0.25, -0.2) is 19.1 Å². The predicted molar refractivity (Wildman–Crippen MR) is 138 cm³/mol. The van der Waals surface area contributed by atoms with Gasteiger partial charge in [0.2, 0.25) is 0 Å². The van der Waals surface area contributed by atoms with Crippen molar-refractivity contribution in [1.82, 2.24) is 9.13 Å². The van der Waals surface area contributed by atoms with Gasteiger partial charge in [0.15, 0.2) is 17.2 Å². The molecule has 12 heteroatoms. The number of nitrogen functional groups attached to an aromatic ring is 1. The quantitative estimate of drug-likeness (QED) is 0.299. The molecule has 0 aliphatic heterocycles. The zero-order chi connectivity index (χ0) is 27.7. The van der Waals surface area contributed by atoms with Crippen molar-refractivity contribution in [1.29, 1.82) is 0 Å². The molecule has 0 fully saturated rings. The molecule has 1 amide bonds. The lowest BCUT2D eigenvalue weighted by molar-refractivity contribution is -0.134. The molecule has 3 N–H and O–H groups in total. The molecule has 0 saturated heterocycles. The number of esters is 2. The summed E-state index contributed by atoms with van der Waals surface area (Å²) in [6, 6.07) is 15.8. The zero-order valence-corrected chi connectivity index (χ0v) is 20.5. The van der Waals surface area contributed by atoms with Crippen LogP contribution in [0, 0.1) is 0 Å². The molecule has 0 unspecified atom stereocenters. The maximum Gasteiger partial charge on any atom is 0.416 e. The molecular formula is C26H22N4O8. The Morgan fingerprint density at radius 3 is 2.18 bits per heavy atom. The summed E-state index contributed by atoms with van der Waals surface area (Å²) in [5.41, 5.74) is 4.21. The third kappa shape index (κ3) is 4.57. The number of rotatable bonds is 5. The number of benzene rings is 3. The fourth-order valence-electron chi connectivity index (χ4n) is 4.01. The van der Waals surface area contributed by atoms with Crippen molar-refractivity contribution in [3.05, 3.63) is 81.5 Å². The molecule has 0 spiro atoms. The van der Waals surface area contributed by atoms with Gasteiger partial charge in [-0.05, 0) is 23.6 Å². The van der Waals surface area contributed by atoms with Crippen LogP contribution in [0.4, 0.5) is 22.0 Å². The van der Waals surface area contributed by atoms with E-state index < -0.39 is 40.8 Å². The van der Waals surface area contributed by atoms with E-state index in [1.807, 2.05) is 18.2 Å². The van der Waals surface area contributed by atoms with Gasteiger partial charge >= 0.3 is 23.7 Å². The summed E-state index contributed by atoms with van der Waals surface area (Å²) in [4.78, 5) is 62.6. The van der Waals surface area contributed by atoms with Gasteiger partial charge in [-0.3, -0.25) is 19.0 Å². The van der Waals surface area contributed by atoms with E-state index in [2.05, 4.69) is 0 Å². The molecule has 1 heterocycles. The first kappa shape index (κ1) is 25.7. The number of hydrogen-bond acceptors (Lipinski definition) is 8. The maximum atomic E-state index is 13.3. The van der Waals surface area contributed by atoms with Crippen LogP contribution in [-0.4, -0.2) is 32.3 Å². The van der Waals surface area contributed by atoms with Crippen molar-refractivity contribution in [2.45, 2.75) is 13.8 Å². The Labute approximate surface area is 214 Å². The van der Waals surface area contributed by atoms with Crippen molar-refractivity contribution in [2.75, 3.05) is 10.6 Å². The van der Waals surface area contributed by atoms with Crippen LogP contribution in [0.2, 0.25) is 0 Å². The standard InChI is InChI=1S/C26H22N4O8/c1-14(31)37-20-12-11-17(13-21(20)38-15(2)32)29(26(35)36)22-23(27)30(25(34)28(3)24(22)33)19-10-6-8-16-7-4-5-9-18(16)19/h4-13H,27H2,1-3H3,(H,35,36). The molecule has 0 atom stereocenters. The van der Waals surface area contributed by atoms with Gasteiger partial charge < -0.3 is 20.3 Å². The highest BCUT2D eigenvalue weighted by atomic mass is 16.6. The molecule has 3 aromatic carbocycles. The first-order valence-electron chi connectivity index (χ1n) is 11.1. The minimum atomic E-state index is -1.62. The molecule has 12 nitrogen and oxygen atoms in total. The highest BCUT2D eigenvalue weighted by Gasteiger charge is 2.29. The van der Waals surface area contributed by atoms with Crippen LogP contribution in [0.5, 0.6) is 11.5 Å². The smallest absolute Gasteiger partial charge is 0.416 e. The summed E-state index contributed by atoms with van der Waals surface area (Å²) in [6.07, 6.45) is -1.62. The molecule has 38 heavy (non-hydrogen) atoms. The minimum absolute atomic E-state index is 0.150. The minimum Gasteiger partial charge on any atom is -0.464 e. The second-order valence-electron chi connectivity index (χ2n) is 8.15. The van der Waals surface area contributed by atoms with E-state index in [1.54, 1.807) is 24.3 Å². The summed E-state index contributed by atoms with van der Waals surface area (Å²) in [5.74, 6) is -2.33. The second kappa shape index (κ2) is 9.93. The molecule has 0 aliphatic rings. The SMILES string of the molecule is CC(=O)Oc1ccc(N(C(=O)O)c2c(N)n(-c3cccc4ccccc34)c(=O)n(C)c2=O)cc1OC(C)=O.